The van der Waals surface area contributed by atoms with Crippen LogP contribution in [0.25, 0.3) is 10.9 Å². The average Bonchev–Trinajstić information content (AvgIpc) is 2.79. The van der Waals surface area contributed by atoms with Crippen molar-refractivity contribution in [2.75, 3.05) is 13.7 Å². The first kappa shape index (κ1) is 12.4. The van der Waals surface area contributed by atoms with E-state index >= 15 is 0 Å². The third kappa shape index (κ3) is 2.46. The van der Waals surface area contributed by atoms with Gasteiger partial charge in [-0.3, -0.25) is 4.79 Å². The van der Waals surface area contributed by atoms with Crippen molar-refractivity contribution in [2.45, 2.75) is 13.0 Å². The van der Waals surface area contributed by atoms with Crippen molar-refractivity contribution < 1.29 is 9.53 Å². The zero-order chi connectivity index (χ0) is 13.1. The van der Waals surface area contributed by atoms with Gasteiger partial charge in [-0.25, -0.2) is 0 Å². The highest BCUT2D eigenvalue weighted by molar-refractivity contribution is 5.99. The Morgan fingerprint density at radius 1 is 1.56 bits per heavy atom. The van der Waals surface area contributed by atoms with Gasteiger partial charge in [0.2, 0.25) is 0 Å². The number of hydrogen-bond donors (Lipinski definition) is 3. The van der Waals surface area contributed by atoms with E-state index in [0.29, 0.717) is 12.2 Å². The monoisotopic (exact) mass is 247 g/mol. The fourth-order valence-corrected chi connectivity index (χ4v) is 1.78. The Hall–Kier alpha value is -2.01. The van der Waals surface area contributed by atoms with Crippen LogP contribution in [0.2, 0.25) is 0 Å². The van der Waals surface area contributed by atoms with Crippen LogP contribution in [0.3, 0.4) is 0 Å². The Morgan fingerprint density at radius 2 is 2.33 bits per heavy atom. The fraction of sp³-hybridized carbons (Fsp3) is 0.308. The zero-order valence-corrected chi connectivity index (χ0v) is 10.5. The molecule has 96 valence electrons. The van der Waals surface area contributed by atoms with Crippen molar-refractivity contribution in [1.82, 2.24) is 10.3 Å². The van der Waals surface area contributed by atoms with Crippen molar-refractivity contribution in [1.29, 1.82) is 0 Å². The lowest BCUT2D eigenvalue weighted by atomic mass is 10.2. The van der Waals surface area contributed by atoms with E-state index in [4.69, 9.17) is 10.5 Å². The topological polar surface area (TPSA) is 80.1 Å². The van der Waals surface area contributed by atoms with Gasteiger partial charge in [0.25, 0.3) is 5.91 Å². The van der Waals surface area contributed by atoms with Gasteiger partial charge in [0.1, 0.15) is 11.4 Å². The lowest BCUT2D eigenvalue weighted by Crippen LogP contribution is -2.35. The Labute approximate surface area is 105 Å². The highest BCUT2D eigenvalue weighted by Gasteiger charge is 2.11. The number of H-pyrrole nitrogens is 1. The summed E-state index contributed by atoms with van der Waals surface area (Å²) in [6.45, 7) is 2.29. The van der Waals surface area contributed by atoms with E-state index in [0.717, 1.165) is 16.7 Å². The van der Waals surface area contributed by atoms with E-state index in [1.807, 2.05) is 25.1 Å². The molecule has 1 atom stereocenters. The van der Waals surface area contributed by atoms with Crippen molar-refractivity contribution >= 4 is 16.8 Å². The number of nitrogens with two attached hydrogens (primary N) is 1. The molecule has 1 amide bonds. The number of nitrogens with one attached hydrogen (secondary N) is 2. The van der Waals surface area contributed by atoms with E-state index in [2.05, 4.69) is 10.3 Å². The van der Waals surface area contributed by atoms with E-state index in [1.54, 1.807) is 13.2 Å². The predicted octanol–water partition coefficient (Wildman–Crippen LogP) is 1.25. The SMILES string of the molecule is COc1cccc2[nH]c(C(=O)NCC(C)N)cc12. The van der Waals surface area contributed by atoms with Crippen LogP contribution in [0.15, 0.2) is 24.3 Å². The van der Waals surface area contributed by atoms with Crippen LogP contribution in [-0.4, -0.2) is 30.6 Å². The molecule has 0 aliphatic rings. The molecule has 0 fully saturated rings. The number of carbonyl (C=O) groups is 1. The summed E-state index contributed by atoms with van der Waals surface area (Å²) < 4.78 is 5.25. The number of aromatic nitrogens is 1. The molecule has 1 aromatic heterocycles. The molecule has 4 N–H and O–H groups in total. The van der Waals surface area contributed by atoms with Gasteiger partial charge < -0.3 is 20.8 Å². The molecule has 5 heteroatoms. The third-order valence-electron chi connectivity index (χ3n) is 2.67. The normalized spacial score (nSPS) is 12.4. The van der Waals surface area contributed by atoms with Gasteiger partial charge in [-0.2, -0.15) is 0 Å². The minimum Gasteiger partial charge on any atom is -0.496 e. The molecule has 0 saturated heterocycles. The average molecular weight is 247 g/mol. The molecule has 1 aromatic carbocycles. The Morgan fingerprint density at radius 3 is 3.00 bits per heavy atom. The first-order valence-corrected chi connectivity index (χ1v) is 5.81. The molecule has 0 aliphatic heterocycles. The molecule has 2 rings (SSSR count). The largest absolute Gasteiger partial charge is 0.496 e. The molecule has 0 spiro atoms. The summed E-state index contributed by atoms with van der Waals surface area (Å²) in [6, 6.07) is 7.36. The Balaban J connectivity index is 2.27. The molecule has 5 nitrogen and oxygen atoms in total. The molecular formula is C13H17N3O2. The van der Waals surface area contributed by atoms with Crippen LogP contribution in [0.1, 0.15) is 17.4 Å². The summed E-state index contributed by atoms with van der Waals surface area (Å²) in [7, 11) is 1.61. The molecule has 1 heterocycles. The second kappa shape index (κ2) is 5.10. The van der Waals surface area contributed by atoms with Crippen LogP contribution in [-0.2, 0) is 0 Å². The van der Waals surface area contributed by atoms with Crippen LogP contribution >= 0.6 is 0 Å². The molecular weight excluding hydrogens is 230 g/mol. The summed E-state index contributed by atoms with van der Waals surface area (Å²) in [5.74, 6) is 0.584. The molecule has 1 unspecified atom stereocenters. The smallest absolute Gasteiger partial charge is 0.267 e. The lowest BCUT2D eigenvalue weighted by Gasteiger charge is -2.05. The van der Waals surface area contributed by atoms with Gasteiger partial charge in [0.15, 0.2) is 0 Å². The first-order valence-electron chi connectivity index (χ1n) is 5.81. The lowest BCUT2D eigenvalue weighted by molar-refractivity contribution is 0.0947. The van der Waals surface area contributed by atoms with Gasteiger partial charge in [0, 0.05) is 23.5 Å². The minimum atomic E-state index is -0.162. The maximum Gasteiger partial charge on any atom is 0.267 e. The molecule has 0 bridgehead atoms. The predicted molar refractivity (Wildman–Crippen MR) is 70.8 cm³/mol. The van der Waals surface area contributed by atoms with E-state index in [9.17, 15) is 4.79 Å². The molecule has 18 heavy (non-hydrogen) atoms. The number of ether oxygens (including phenoxy) is 1. The molecule has 0 saturated carbocycles. The number of aromatic amines is 1. The second-order valence-corrected chi connectivity index (χ2v) is 4.29. The standard InChI is InChI=1S/C13H17N3O2/c1-8(14)7-15-13(17)11-6-9-10(16-11)4-3-5-12(9)18-2/h3-6,8,16H,7,14H2,1-2H3,(H,15,17). The van der Waals surface area contributed by atoms with E-state index in [-0.39, 0.29) is 11.9 Å². The maximum absolute atomic E-state index is 11.9. The summed E-state index contributed by atoms with van der Waals surface area (Å²) in [4.78, 5) is 14.9. The van der Waals surface area contributed by atoms with Crippen LogP contribution in [0, 0.1) is 0 Å². The number of carbonyl (C=O) groups excluding carboxylic acids is 1. The number of benzene rings is 1. The third-order valence-corrected chi connectivity index (χ3v) is 2.67. The van der Waals surface area contributed by atoms with Crippen molar-refractivity contribution in [3.8, 4) is 5.75 Å². The van der Waals surface area contributed by atoms with Gasteiger partial charge in [-0.05, 0) is 25.1 Å². The quantitative estimate of drug-likeness (QED) is 0.760. The van der Waals surface area contributed by atoms with E-state index in [1.165, 1.54) is 0 Å². The van der Waals surface area contributed by atoms with E-state index < -0.39 is 0 Å². The summed E-state index contributed by atoms with van der Waals surface area (Å²) in [5, 5.41) is 3.66. The molecule has 2 aromatic rings. The number of fused-ring (bicyclic) bond motifs is 1. The van der Waals surface area contributed by atoms with Gasteiger partial charge in [-0.1, -0.05) is 6.07 Å². The highest BCUT2D eigenvalue weighted by atomic mass is 16.5. The first-order chi connectivity index (χ1) is 8.61. The van der Waals surface area contributed by atoms with Crippen molar-refractivity contribution in [3.05, 3.63) is 30.0 Å². The summed E-state index contributed by atoms with van der Waals surface area (Å²) in [6.07, 6.45) is 0. The number of amides is 1. The summed E-state index contributed by atoms with van der Waals surface area (Å²) in [5.41, 5.74) is 6.98. The Bertz CT molecular complexity index is 560. The van der Waals surface area contributed by atoms with Gasteiger partial charge in [-0.15, -0.1) is 0 Å². The van der Waals surface area contributed by atoms with Crippen LogP contribution < -0.4 is 15.8 Å². The van der Waals surface area contributed by atoms with Gasteiger partial charge in [0.05, 0.1) is 7.11 Å². The zero-order valence-electron chi connectivity index (χ0n) is 10.5. The van der Waals surface area contributed by atoms with Crippen molar-refractivity contribution in [2.24, 2.45) is 5.73 Å². The maximum atomic E-state index is 11.9. The fourth-order valence-electron chi connectivity index (χ4n) is 1.78. The second-order valence-electron chi connectivity index (χ2n) is 4.29. The van der Waals surface area contributed by atoms with Crippen molar-refractivity contribution in [3.63, 3.8) is 0 Å². The number of hydrogen-bond acceptors (Lipinski definition) is 3. The van der Waals surface area contributed by atoms with Gasteiger partial charge >= 0.3 is 0 Å². The minimum absolute atomic E-state index is 0.0622. The van der Waals surface area contributed by atoms with Crippen LogP contribution in [0.4, 0.5) is 0 Å². The summed E-state index contributed by atoms with van der Waals surface area (Å²) >= 11 is 0. The number of methoxy groups -OCH3 is 1. The molecule has 0 aliphatic carbocycles. The van der Waals surface area contributed by atoms with Crippen LogP contribution in [0.5, 0.6) is 5.75 Å². The Kier molecular flexibility index (Phi) is 3.53. The highest BCUT2D eigenvalue weighted by Crippen LogP contribution is 2.25. The number of rotatable bonds is 4. The molecule has 0 radical (unpaired) electrons.